The van der Waals surface area contributed by atoms with Gasteiger partial charge < -0.3 is 9.64 Å². The van der Waals surface area contributed by atoms with Gasteiger partial charge in [0.25, 0.3) is 11.5 Å². The van der Waals surface area contributed by atoms with Crippen LogP contribution in [0.25, 0.3) is 10.8 Å². The lowest BCUT2D eigenvalue weighted by Crippen LogP contribution is -2.51. The Morgan fingerprint density at radius 1 is 1.24 bits per heavy atom. The normalized spacial score (nSPS) is 15.5. The van der Waals surface area contributed by atoms with E-state index < -0.39 is 24.0 Å². The van der Waals surface area contributed by atoms with E-state index in [1.54, 1.807) is 38.2 Å². The van der Waals surface area contributed by atoms with Crippen LogP contribution in [0.5, 0.6) is 0 Å². The molecule has 0 unspecified atom stereocenters. The smallest absolute Gasteiger partial charge is 0.359 e. The summed E-state index contributed by atoms with van der Waals surface area (Å²) in [6.45, 7) is 1.57. The summed E-state index contributed by atoms with van der Waals surface area (Å²) in [5.74, 6) is -1.21. The van der Waals surface area contributed by atoms with E-state index in [9.17, 15) is 19.6 Å². The van der Waals surface area contributed by atoms with Crippen molar-refractivity contribution in [3.63, 3.8) is 0 Å². The summed E-state index contributed by atoms with van der Waals surface area (Å²) in [5.41, 5.74) is -1.14. The molecule has 0 bridgehead atoms. The summed E-state index contributed by atoms with van der Waals surface area (Å²) in [6.07, 6.45) is 4.06. The molecule has 0 aliphatic heterocycles. The van der Waals surface area contributed by atoms with Crippen molar-refractivity contribution in [2.45, 2.75) is 51.1 Å². The van der Waals surface area contributed by atoms with Crippen molar-refractivity contribution in [3.8, 4) is 6.07 Å². The van der Waals surface area contributed by atoms with Crippen molar-refractivity contribution in [1.82, 2.24) is 14.7 Å². The number of amides is 1. The number of aryl methyl sites for hydroxylation is 1. The molecule has 1 heterocycles. The third-order valence-corrected chi connectivity index (χ3v) is 5.59. The Kier molecular flexibility index (Phi) is 5.97. The van der Waals surface area contributed by atoms with Gasteiger partial charge in [-0.05, 0) is 25.8 Å². The summed E-state index contributed by atoms with van der Waals surface area (Å²) in [7, 11) is 1.58. The molecule has 0 saturated heterocycles. The average molecular weight is 396 g/mol. The predicted molar refractivity (Wildman–Crippen MR) is 106 cm³/mol. The van der Waals surface area contributed by atoms with E-state index in [-0.39, 0.29) is 11.3 Å². The molecule has 1 fully saturated rings. The molecule has 1 aromatic heterocycles. The van der Waals surface area contributed by atoms with Crippen LogP contribution < -0.4 is 5.56 Å². The van der Waals surface area contributed by atoms with E-state index >= 15 is 0 Å². The molecule has 1 saturated carbocycles. The van der Waals surface area contributed by atoms with E-state index in [0.717, 1.165) is 19.3 Å². The second-order valence-electron chi connectivity index (χ2n) is 7.25. The van der Waals surface area contributed by atoms with Crippen LogP contribution in [0.1, 0.15) is 49.5 Å². The number of benzene rings is 1. The lowest BCUT2D eigenvalue weighted by molar-refractivity contribution is -0.138. The zero-order valence-corrected chi connectivity index (χ0v) is 16.7. The number of carbonyl (C=O) groups excluding carboxylic acids is 2. The second-order valence-corrected chi connectivity index (χ2v) is 7.25. The van der Waals surface area contributed by atoms with Gasteiger partial charge in [0.1, 0.15) is 5.54 Å². The van der Waals surface area contributed by atoms with Crippen molar-refractivity contribution in [1.29, 1.82) is 5.26 Å². The van der Waals surface area contributed by atoms with Crippen LogP contribution in [0, 0.1) is 11.3 Å². The van der Waals surface area contributed by atoms with Gasteiger partial charge >= 0.3 is 5.97 Å². The summed E-state index contributed by atoms with van der Waals surface area (Å²) >= 11 is 0. The van der Waals surface area contributed by atoms with Gasteiger partial charge in [-0.1, -0.05) is 37.5 Å². The maximum atomic E-state index is 12.7. The molecular formula is C21H24N4O4. The van der Waals surface area contributed by atoms with Crippen LogP contribution in [-0.4, -0.2) is 45.8 Å². The summed E-state index contributed by atoms with van der Waals surface area (Å²) in [5, 5.41) is 14.5. The quantitative estimate of drug-likeness (QED) is 0.718. The van der Waals surface area contributed by atoms with E-state index in [1.807, 2.05) is 0 Å². The Morgan fingerprint density at radius 3 is 2.52 bits per heavy atom. The molecule has 8 heteroatoms. The summed E-state index contributed by atoms with van der Waals surface area (Å²) in [4.78, 5) is 39.1. The van der Waals surface area contributed by atoms with E-state index in [2.05, 4.69) is 11.2 Å². The molecule has 29 heavy (non-hydrogen) atoms. The zero-order chi connectivity index (χ0) is 21.0. The third-order valence-electron chi connectivity index (χ3n) is 5.59. The Balaban J connectivity index is 1.79. The van der Waals surface area contributed by atoms with E-state index in [0.29, 0.717) is 30.2 Å². The van der Waals surface area contributed by atoms with Crippen molar-refractivity contribution < 1.29 is 14.3 Å². The van der Waals surface area contributed by atoms with E-state index in [1.165, 1.54) is 9.58 Å². The van der Waals surface area contributed by atoms with Gasteiger partial charge in [0.2, 0.25) is 0 Å². The summed E-state index contributed by atoms with van der Waals surface area (Å²) in [6, 6.07) is 8.94. The third kappa shape index (κ3) is 3.86. The highest BCUT2D eigenvalue weighted by molar-refractivity contribution is 6.02. The number of esters is 1. The monoisotopic (exact) mass is 396 g/mol. The number of rotatable bonds is 5. The Hall–Kier alpha value is -3.21. The molecule has 1 aliphatic carbocycles. The number of hydrogen-bond acceptors (Lipinski definition) is 6. The van der Waals surface area contributed by atoms with Gasteiger partial charge in [0.05, 0.1) is 11.5 Å². The van der Waals surface area contributed by atoms with Crippen molar-refractivity contribution in [2.24, 2.45) is 0 Å². The van der Waals surface area contributed by atoms with Gasteiger partial charge in [-0.25, -0.2) is 9.48 Å². The maximum absolute atomic E-state index is 12.7. The fourth-order valence-corrected chi connectivity index (χ4v) is 3.79. The molecule has 0 spiro atoms. The van der Waals surface area contributed by atoms with Crippen molar-refractivity contribution >= 4 is 22.6 Å². The number of hydrogen-bond donors (Lipinski definition) is 0. The van der Waals surface area contributed by atoms with Gasteiger partial charge in [0, 0.05) is 19.0 Å². The van der Waals surface area contributed by atoms with Crippen molar-refractivity contribution in [2.75, 3.05) is 13.7 Å². The SMILES string of the molecule is CCn1nc(C(=O)OCC(=O)N(C)C2(C#N)CCCCC2)c2ccccc2c1=O. The molecule has 0 atom stereocenters. The highest BCUT2D eigenvalue weighted by Crippen LogP contribution is 2.32. The molecule has 1 aromatic carbocycles. The maximum Gasteiger partial charge on any atom is 0.359 e. The Labute approximate surface area is 168 Å². The van der Waals surface area contributed by atoms with Crippen molar-refractivity contribution in [3.05, 3.63) is 40.3 Å². The topological polar surface area (TPSA) is 105 Å². The predicted octanol–water partition coefficient (Wildman–Crippen LogP) is 2.26. The molecule has 3 rings (SSSR count). The minimum atomic E-state index is -0.845. The zero-order valence-electron chi connectivity index (χ0n) is 16.7. The molecule has 152 valence electrons. The van der Waals surface area contributed by atoms with Gasteiger partial charge in [0.15, 0.2) is 12.3 Å². The number of likely N-dealkylation sites (N-methyl/N-ethyl adjacent to an activating group) is 1. The number of fused-ring (bicyclic) bond motifs is 1. The lowest BCUT2D eigenvalue weighted by atomic mass is 9.81. The Bertz CT molecular complexity index is 1030. The highest BCUT2D eigenvalue weighted by Gasteiger charge is 2.39. The Morgan fingerprint density at radius 2 is 1.90 bits per heavy atom. The highest BCUT2D eigenvalue weighted by atomic mass is 16.5. The van der Waals surface area contributed by atoms with Gasteiger partial charge in [-0.3, -0.25) is 9.59 Å². The number of nitrogens with zero attached hydrogens (tertiary/aromatic N) is 4. The van der Waals surface area contributed by atoms with Crippen LogP contribution in [-0.2, 0) is 16.1 Å². The molecular weight excluding hydrogens is 372 g/mol. The molecule has 0 radical (unpaired) electrons. The van der Waals surface area contributed by atoms with Crippen LogP contribution in [0.4, 0.5) is 0 Å². The van der Waals surface area contributed by atoms with Crippen LogP contribution >= 0.6 is 0 Å². The van der Waals surface area contributed by atoms with E-state index in [4.69, 9.17) is 4.74 Å². The molecule has 0 N–H and O–H groups in total. The number of aromatic nitrogens is 2. The first-order chi connectivity index (χ1) is 13.9. The molecule has 2 aromatic rings. The number of carbonyl (C=O) groups is 2. The summed E-state index contributed by atoms with van der Waals surface area (Å²) < 4.78 is 6.42. The lowest BCUT2D eigenvalue weighted by Gasteiger charge is -2.38. The van der Waals surface area contributed by atoms with Crippen LogP contribution in [0.15, 0.2) is 29.1 Å². The van der Waals surface area contributed by atoms with Gasteiger partial charge in [-0.2, -0.15) is 10.4 Å². The molecule has 1 amide bonds. The molecule has 1 aliphatic rings. The second kappa shape index (κ2) is 8.43. The fraction of sp³-hybridized carbons (Fsp3) is 0.476. The van der Waals surface area contributed by atoms with Crippen LogP contribution in [0.2, 0.25) is 0 Å². The molecule has 8 nitrogen and oxygen atoms in total. The first-order valence-electron chi connectivity index (χ1n) is 9.78. The minimum Gasteiger partial charge on any atom is -0.451 e. The first-order valence-corrected chi connectivity index (χ1v) is 9.78. The minimum absolute atomic E-state index is 0.00911. The first kappa shape index (κ1) is 20.5. The fourth-order valence-electron chi connectivity index (χ4n) is 3.79. The number of ether oxygens (including phenoxy) is 1. The van der Waals surface area contributed by atoms with Gasteiger partial charge in [-0.15, -0.1) is 0 Å². The van der Waals surface area contributed by atoms with Crippen LogP contribution in [0.3, 0.4) is 0 Å². The number of nitriles is 1. The average Bonchev–Trinajstić information content (AvgIpc) is 2.77. The largest absolute Gasteiger partial charge is 0.451 e. The standard InChI is InChI=1S/C21H24N4O4/c1-3-25-19(27)16-10-6-5-9-15(16)18(23-25)20(28)29-13-17(26)24(2)21(14-22)11-7-4-8-12-21/h5-6,9-10H,3-4,7-8,11-13H2,1-2H3.